The van der Waals surface area contributed by atoms with Crippen LogP contribution in [0.2, 0.25) is 5.02 Å². The first-order valence-electron chi connectivity index (χ1n) is 14.4. The second-order valence-electron chi connectivity index (χ2n) is 10.2. The highest BCUT2D eigenvalue weighted by Gasteiger charge is 2.35. The number of hydrogen-bond acceptors (Lipinski definition) is 7. The van der Waals surface area contributed by atoms with Crippen LogP contribution >= 0.6 is 22.9 Å². The number of thiazole rings is 1. The first-order chi connectivity index (χ1) is 22.0. The fourth-order valence-electron chi connectivity index (χ4n) is 5.18. The summed E-state index contributed by atoms with van der Waals surface area (Å²) in [5, 5.41) is 0.543. The smallest absolute Gasteiger partial charge is 0.338 e. The molecular weight excluding hydrogens is 608 g/mol. The van der Waals surface area contributed by atoms with Crippen molar-refractivity contribution in [2.24, 2.45) is 4.99 Å². The van der Waals surface area contributed by atoms with Crippen LogP contribution in [0, 0.1) is 0 Å². The summed E-state index contributed by atoms with van der Waals surface area (Å²) in [5.41, 5.74) is 3.70. The Kier molecular flexibility index (Phi) is 8.96. The van der Waals surface area contributed by atoms with E-state index in [9.17, 15) is 9.59 Å². The Bertz CT molecular complexity index is 2050. The predicted molar refractivity (Wildman–Crippen MR) is 176 cm³/mol. The van der Waals surface area contributed by atoms with Crippen LogP contribution in [-0.2, 0) is 16.1 Å². The minimum atomic E-state index is -0.779. The number of carbonyl (C=O) groups excluding carboxylic acids is 1. The maximum Gasteiger partial charge on any atom is 0.338 e. The van der Waals surface area contributed by atoms with Gasteiger partial charge in [0, 0.05) is 10.6 Å². The van der Waals surface area contributed by atoms with Gasteiger partial charge < -0.3 is 14.2 Å². The molecule has 0 fully saturated rings. The van der Waals surface area contributed by atoms with Gasteiger partial charge in [0.15, 0.2) is 16.3 Å². The van der Waals surface area contributed by atoms with Gasteiger partial charge in [0.25, 0.3) is 5.56 Å². The molecule has 45 heavy (non-hydrogen) atoms. The minimum absolute atomic E-state index is 0.176. The summed E-state index contributed by atoms with van der Waals surface area (Å²) in [6.07, 6.45) is 1.79. The molecule has 0 radical (unpaired) electrons. The van der Waals surface area contributed by atoms with E-state index in [1.807, 2.05) is 91.0 Å². The first kappa shape index (κ1) is 30.1. The minimum Gasteiger partial charge on any atom is -0.493 e. The van der Waals surface area contributed by atoms with Crippen molar-refractivity contribution in [1.29, 1.82) is 0 Å². The highest BCUT2D eigenvalue weighted by molar-refractivity contribution is 7.07. The van der Waals surface area contributed by atoms with Gasteiger partial charge in [0.05, 0.1) is 35.6 Å². The van der Waals surface area contributed by atoms with Crippen molar-refractivity contribution in [3.63, 3.8) is 0 Å². The van der Waals surface area contributed by atoms with Gasteiger partial charge in [0.1, 0.15) is 6.61 Å². The molecule has 1 unspecified atom stereocenters. The standard InChI is InChI=1S/C36H29ClN2O5S/c1-3-43-35(41)31-32(25-12-8-5-9-13-25)38-36-39(33(31)26-15-17-27(37)18-16-26)34(40)30(45-36)21-24-14-19-28(29(20-24)42-2)44-22-23-10-6-4-7-11-23/h4-21,33H,3,22H2,1-2H3/b30-21-. The molecule has 9 heteroatoms. The normalized spacial score (nSPS) is 14.5. The molecule has 5 aromatic rings. The van der Waals surface area contributed by atoms with Gasteiger partial charge in [-0.15, -0.1) is 0 Å². The van der Waals surface area contributed by atoms with Crippen molar-refractivity contribution in [3.05, 3.63) is 156 Å². The van der Waals surface area contributed by atoms with Crippen LogP contribution in [0.4, 0.5) is 0 Å². The molecule has 0 N–H and O–H groups in total. The van der Waals surface area contributed by atoms with Crippen LogP contribution < -0.4 is 24.4 Å². The van der Waals surface area contributed by atoms with E-state index in [1.54, 1.807) is 36.8 Å². The average molecular weight is 637 g/mol. The van der Waals surface area contributed by atoms with Crippen molar-refractivity contribution < 1.29 is 19.0 Å². The second kappa shape index (κ2) is 13.4. The monoisotopic (exact) mass is 636 g/mol. The topological polar surface area (TPSA) is 79.1 Å². The number of benzene rings is 4. The van der Waals surface area contributed by atoms with E-state index < -0.39 is 12.0 Å². The molecule has 1 atom stereocenters. The molecule has 2 heterocycles. The van der Waals surface area contributed by atoms with Crippen LogP contribution in [0.15, 0.2) is 118 Å². The molecule has 6 rings (SSSR count). The van der Waals surface area contributed by atoms with E-state index in [0.29, 0.717) is 43.7 Å². The number of halogens is 1. The third kappa shape index (κ3) is 6.34. The maximum atomic E-state index is 14.1. The first-order valence-corrected chi connectivity index (χ1v) is 15.5. The zero-order valence-corrected chi connectivity index (χ0v) is 26.2. The molecule has 1 aromatic heterocycles. The maximum absolute atomic E-state index is 14.1. The Balaban J connectivity index is 1.48. The highest BCUT2D eigenvalue weighted by atomic mass is 35.5. The lowest BCUT2D eigenvalue weighted by molar-refractivity contribution is -0.138. The predicted octanol–water partition coefficient (Wildman–Crippen LogP) is 6.18. The van der Waals surface area contributed by atoms with Crippen molar-refractivity contribution in [1.82, 2.24) is 4.57 Å². The number of hydrogen-bond donors (Lipinski definition) is 0. The Morgan fingerprint density at radius 2 is 1.67 bits per heavy atom. The van der Waals surface area contributed by atoms with E-state index in [2.05, 4.69) is 0 Å². The summed E-state index contributed by atoms with van der Waals surface area (Å²) < 4.78 is 19.2. The van der Waals surface area contributed by atoms with Crippen LogP contribution in [-0.4, -0.2) is 24.3 Å². The average Bonchev–Trinajstić information content (AvgIpc) is 3.38. The van der Waals surface area contributed by atoms with Gasteiger partial charge in [0.2, 0.25) is 0 Å². The van der Waals surface area contributed by atoms with E-state index in [1.165, 1.54) is 11.3 Å². The summed E-state index contributed by atoms with van der Waals surface area (Å²) in [6.45, 7) is 2.32. The summed E-state index contributed by atoms with van der Waals surface area (Å²) in [6, 6.07) is 31.2. The molecule has 0 amide bonds. The third-order valence-corrected chi connectivity index (χ3v) is 8.52. The van der Waals surface area contributed by atoms with Crippen molar-refractivity contribution in [2.45, 2.75) is 19.6 Å². The van der Waals surface area contributed by atoms with E-state index in [-0.39, 0.29) is 17.7 Å². The quantitative estimate of drug-likeness (QED) is 0.181. The molecule has 7 nitrogen and oxygen atoms in total. The van der Waals surface area contributed by atoms with Crippen LogP contribution in [0.5, 0.6) is 11.5 Å². The molecule has 4 aromatic carbocycles. The molecule has 0 saturated heterocycles. The lowest BCUT2D eigenvalue weighted by atomic mass is 9.93. The summed E-state index contributed by atoms with van der Waals surface area (Å²) in [7, 11) is 1.58. The molecule has 226 valence electrons. The van der Waals surface area contributed by atoms with Gasteiger partial charge in [-0.1, -0.05) is 102 Å². The lowest BCUT2D eigenvalue weighted by Crippen LogP contribution is -2.40. The number of ether oxygens (including phenoxy) is 3. The van der Waals surface area contributed by atoms with Crippen LogP contribution in [0.25, 0.3) is 11.8 Å². The molecule has 0 bridgehead atoms. The fourth-order valence-corrected chi connectivity index (χ4v) is 6.31. The van der Waals surface area contributed by atoms with Crippen LogP contribution in [0.1, 0.15) is 35.2 Å². The van der Waals surface area contributed by atoms with Crippen molar-refractivity contribution in [3.8, 4) is 11.5 Å². The van der Waals surface area contributed by atoms with Gasteiger partial charge >= 0.3 is 5.97 Å². The van der Waals surface area contributed by atoms with Gasteiger partial charge in [-0.05, 0) is 54.0 Å². The Labute approximate surface area is 268 Å². The van der Waals surface area contributed by atoms with Gasteiger partial charge in [-0.25, -0.2) is 9.79 Å². The largest absolute Gasteiger partial charge is 0.493 e. The Morgan fingerprint density at radius 3 is 2.36 bits per heavy atom. The van der Waals surface area contributed by atoms with Gasteiger partial charge in [-0.3, -0.25) is 9.36 Å². The number of nitrogens with zero attached hydrogens (tertiary/aromatic N) is 2. The number of fused-ring (bicyclic) bond motifs is 1. The highest BCUT2D eigenvalue weighted by Crippen LogP contribution is 2.35. The Hall–Kier alpha value is -4.92. The Morgan fingerprint density at radius 1 is 0.956 bits per heavy atom. The van der Waals surface area contributed by atoms with E-state index in [4.69, 9.17) is 30.8 Å². The third-order valence-electron chi connectivity index (χ3n) is 7.28. The number of carbonyl (C=O) groups is 1. The zero-order valence-electron chi connectivity index (χ0n) is 24.6. The molecule has 1 aliphatic heterocycles. The van der Waals surface area contributed by atoms with E-state index >= 15 is 0 Å². The summed E-state index contributed by atoms with van der Waals surface area (Å²) >= 11 is 7.48. The molecule has 0 aliphatic carbocycles. The number of rotatable bonds is 9. The fraction of sp³-hybridized carbons (Fsp3) is 0.139. The summed E-state index contributed by atoms with van der Waals surface area (Å²) in [5.74, 6) is 0.599. The molecular formula is C36H29ClN2O5S. The molecule has 1 aliphatic rings. The lowest BCUT2D eigenvalue weighted by Gasteiger charge is -2.25. The number of methoxy groups -OCH3 is 1. The second-order valence-corrected chi connectivity index (χ2v) is 11.6. The van der Waals surface area contributed by atoms with E-state index in [0.717, 1.165) is 16.7 Å². The van der Waals surface area contributed by atoms with Crippen LogP contribution in [0.3, 0.4) is 0 Å². The molecule has 0 saturated carbocycles. The van der Waals surface area contributed by atoms with Crippen molar-refractivity contribution in [2.75, 3.05) is 13.7 Å². The van der Waals surface area contributed by atoms with Gasteiger partial charge in [-0.2, -0.15) is 0 Å². The number of esters is 1. The zero-order chi connectivity index (χ0) is 31.3. The SMILES string of the molecule is CCOC(=O)C1=C(c2ccccc2)N=c2s/c(=C\c3ccc(OCc4ccccc4)c(OC)c3)c(=O)n2C1c1ccc(Cl)cc1. The number of aromatic nitrogens is 1. The molecule has 0 spiro atoms. The summed E-state index contributed by atoms with van der Waals surface area (Å²) in [4.78, 5) is 33.1. The van der Waals surface area contributed by atoms with Crippen molar-refractivity contribution >= 4 is 40.7 Å².